The normalized spacial score (nSPS) is 13.0. The number of hydrogen-bond donors (Lipinski definition) is 1. The molecular formula is C21H22N2O3. The Bertz CT molecular complexity index is 860. The zero-order valence-corrected chi connectivity index (χ0v) is 14.8. The van der Waals surface area contributed by atoms with Crippen molar-refractivity contribution in [3.8, 4) is 5.75 Å². The molecule has 134 valence electrons. The molecule has 0 aliphatic carbocycles. The SMILES string of the molecule is C=CC(=O)N1CCCc2cc(C(=O)N(C)Cc3cccc(O)c3)ccc21. The van der Waals surface area contributed by atoms with Crippen molar-refractivity contribution in [2.45, 2.75) is 19.4 Å². The molecule has 2 aromatic carbocycles. The van der Waals surface area contributed by atoms with E-state index in [1.165, 1.54) is 6.08 Å². The molecule has 0 fully saturated rings. The Morgan fingerprint density at radius 2 is 2.08 bits per heavy atom. The van der Waals surface area contributed by atoms with E-state index in [1.54, 1.807) is 41.1 Å². The summed E-state index contributed by atoms with van der Waals surface area (Å²) in [5, 5.41) is 9.56. The van der Waals surface area contributed by atoms with Crippen molar-refractivity contribution >= 4 is 17.5 Å². The zero-order chi connectivity index (χ0) is 18.7. The van der Waals surface area contributed by atoms with Crippen molar-refractivity contribution in [1.82, 2.24) is 4.90 Å². The number of benzene rings is 2. The van der Waals surface area contributed by atoms with Gasteiger partial charge >= 0.3 is 0 Å². The molecule has 1 aliphatic heterocycles. The third-order valence-electron chi connectivity index (χ3n) is 4.56. The fourth-order valence-corrected chi connectivity index (χ4v) is 3.29. The van der Waals surface area contributed by atoms with E-state index in [0.29, 0.717) is 18.7 Å². The second-order valence-corrected chi connectivity index (χ2v) is 6.47. The van der Waals surface area contributed by atoms with Crippen LogP contribution in [0.5, 0.6) is 5.75 Å². The van der Waals surface area contributed by atoms with Gasteiger partial charge in [0.05, 0.1) is 0 Å². The van der Waals surface area contributed by atoms with Crippen molar-refractivity contribution in [2.75, 3.05) is 18.5 Å². The highest BCUT2D eigenvalue weighted by Gasteiger charge is 2.22. The van der Waals surface area contributed by atoms with E-state index < -0.39 is 0 Å². The van der Waals surface area contributed by atoms with E-state index in [4.69, 9.17) is 0 Å². The topological polar surface area (TPSA) is 60.9 Å². The minimum Gasteiger partial charge on any atom is -0.508 e. The third kappa shape index (κ3) is 3.61. The first-order valence-electron chi connectivity index (χ1n) is 8.60. The van der Waals surface area contributed by atoms with Gasteiger partial charge in [-0.05, 0) is 60.4 Å². The molecule has 0 saturated heterocycles. The molecule has 0 unspecified atom stereocenters. The van der Waals surface area contributed by atoms with E-state index in [1.807, 2.05) is 18.2 Å². The number of carbonyl (C=O) groups is 2. The average Bonchev–Trinajstić information content (AvgIpc) is 2.65. The Kier molecular flexibility index (Phi) is 5.07. The number of amides is 2. The van der Waals surface area contributed by atoms with E-state index in [9.17, 15) is 14.7 Å². The lowest BCUT2D eigenvalue weighted by Crippen LogP contribution is -2.34. The largest absolute Gasteiger partial charge is 0.508 e. The van der Waals surface area contributed by atoms with Crippen LogP contribution in [0.15, 0.2) is 55.1 Å². The van der Waals surface area contributed by atoms with Crippen LogP contribution in [-0.4, -0.2) is 35.4 Å². The number of phenols is 1. The lowest BCUT2D eigenvalue weighted by Gasteiger charge is -2.29. The van der Waals surface area contributed by atoms with Crippen molar-refractivity contribution in [1.29, 1.82) is 0 Å². The summed E-state index contributed by atoms with van der Waals surface area (Å²) in [7, 11) is 1.74. The van der Waals surface area contributed by atoms with Gasteiger partial charge in [-0.3, -0.25) is 9.59 Å². The van der Waals surface area contributed by atoms with Gasteiger partial charge in [-0.2, -0.15) is 0 Å². The van der Waals surface area contributed by atoms with Crippen LogP contribution in [0.25, 0.3) is 0 Å². The first-order valence-corrected chi connectivity index (χ1v) is 8.60. The van der Waals surface area contributed by atoms with Crippen LogP contribution in [0.4, 0.5) is 5.69 Å². The summed E-state index contributed by atoms with van der Waals surface area (Å²) in [5.74, 6) is -0.0292. The summed E-state index contributed by atoms with van der Waals surface area (Å²) in [4.78, 5) is 28.1. The predicted octanol–water partition coefficient (Wildman–Crippen LogP) is 3.13. The van der Waals surface area contributed by atoms with Crippen LogP contribution in [0, 0.1) is 0 Å². The summed E-state index contributed by atoms with van der Waals surface area (Å²) in [6.07, 6.45) is 3.02. The molecule has 1 N–H and O–H groups in total. The van der Waals surface area contributed by atoms with Crippen LogP contribution in [0.3, 0.4) is 0 Å². The lowest BCUT2D eigenvalue weighted by atomic mass is 9.98. The number of rotatable bonds is 4. The fourth-order valence-electron chi connectivity index (χ4n) is 3.29. The fraction of sp³-hybridized carbons (Fsp3) is 0.238. The van der Waals surface area contributed by atoms with Crippen molar-refractivity contribution in [2.24, 2.45) is 0 Å². The highest BCUT2D eigenvalue weighted by molar-refractivity contribution is 6.02. The predicted molar refractivity (Wildman–Crippen MR) is 101 cm³/mol. The van der Waals surface area contributed by atoms with Crippen LogP contribution in [-0.2, 0) is 17.8 Å². The summed E-state index contributed by atoms with van der Waals surface area (Å²) in [6.45, 7) is 4.63. The number of phenolic OH excluding ortho intramolecular Hbond substituents is 1. The van der Waals surface area contributed by atoms with Crippen LogP contribution >= 0.6 is 0 Å². The second-order valence-electron chi connectivity index (χ2n) is 6.47. The van der Waals surface area contributed by atoms with Gasteiger partial charge in [0.25, 0.3) is 5.91 Å². The van der Waals surface area contributed by atoms with E-state index in [0.717, 1.165) is 29.7 Å². The van der Waals surface area contributed by atoms with E-state index >= 15 is 0 Å². The van der Waals surface area contributed by atoms with Gasteiger partial charge in [0, 0.05) is 31.4 Å². The number of carbonyl (C=O) groups excluding carboxylic acids is 2. The molecule has 0 spiro atoms. The number of aromatic hydroxyl groups is 1. The molecule has 0 bridgehead atoms. The molecule has 1 aliphatic rings. The van der Waals surface area contributed by atoms with Crippen molar-refractivity contribution in [3.05, 3.63) is 71.8 Å². The highest BCUT2D eigenvalue weighted by atomic mass is 16.3. The molecule has 0 atom stereocenters. The Morgan fingerprint density at radius 1 is 1.27 bits per heavy atom. The quantitative estimate of drug-likeness (QED) is 0.862. The Balaban J connectivity index is 1.80. The number of nitrogens with zero attached hydrogens (tertiary/aromatic N) is 2. The van der Waals surface area contributed by atoms with Gasteiger partial charge in [-0.1, -0.05) is 18.7 Å². The molecule has 0 radical (unpaired) electrons. The van der Waals surface area contributed by atoms with Crippen LogP contribution < -0.4 is 4.90 Å². The van der Waals surface area contributed by atoms with Gasteiger partial charge in [0.1, 0.15) is 5.75 Å². The first-order chi connectivity index (χ1) is 12.5. The average molecular weight is 350 g/mol. The van der Waals surface area contributed by atoms with Gasteiger partial charge < -0.3 is 14.9 Å². The summed E-state index contributed by atoms with van der Waals surface area (Å²) in [5.41, 5.74) is 3.32. The number of anilines is 1. The number of hydrogen-bond acceptors (Lipinski definition) is 3. The third-order valence-corrected chi connectivity index (χ3v) is 4.56. The zero-order valence-electron chi connectivity index (χ0n) is 14.8. The summed E-state index contributed by atoms with van der Waals surface area (Å²) in [6, 6.07) is 12.3. The minimum atomic E-state index is -0.119. The monoisotopic (exact) mass is 350 g/mol. The van der Waals surface area contributed by atoms with Crippen molar-refractivity contribution in [3.63, 3.8) is 0 Å². The molecule has 0 saturated carbocycles. The van der Waals surface area contributed by atoms with Gasteiger partial charge in [0.2, 0.25) is 5.91 Å². The molecule has 5 nitrogen and oxygen atoms in total. The first kappa shape index (κ1) is 17.7. The Labute approximate surface area is 153 Å². The maximum absolute atomic E-state index is 12.8. The molecule has 1 heterocycles. The standard InChI is InChI=1S/C21H22N2O3/c1-3-20(25)23-11-5-7-16-13-17(9-10-19(16)23)21(26)22(2)14-15-6-4-8-18(24)12-15/h3-4,6,8-10,12-13,24H,1,5,7,11,14H2,2H3. The van der Waals surface area contributed by atoms with Gasteiger partial charge in [-0.25, -0.2) is 0 Å². The minimum absolute atomic E-state index is 0.0942. The molecule has 2 amide bonds. The maximum Gasteiger partial charge on any atom is 0.253 e. The second kappa shape index (κ2) is 7.44. The van der Waals surface area contributed by atoms with Crippen molar-refractivity contribution < 1.29 is 14.7 Å². The molecule has 26 heavy (non-hydrogen) atoms. The molecule has 0 aromatic heterocycles. The summed E-state index contributed by atoms with van der Waals surface area (Å²) < 4.78 is 0. The lowest BCUT2D eigenvalue weighted by molar-refractivity contribution is -0.114. The molecule has 3 rings (SSSR count). The molecule has 2 aromatic rings. The molecule has 5 heteroatoms. The summed E-state index contributed by atoms with van der Waals surface area (Å²) >= 11 is 0. The van der Waals surface area contributed by atoms with E-state index in [2.05, 4.69) is 6.58 Å². The number of aryl methyl sites for hydroxylation is 1. The highest BCUT2D eigenvalue weighted by Crippen LogP contribution is 2.29. The van der Waals surface area contributed by atoms with E-state index in [-0.39, 0.29) is 17.6 Å². The Morgan fingerprint density at radius 3 is 2.81 bits per heavy atom. The maximum atomic E-state index is 12.8. The van der Waals surface area contributed by atoms with Crippen LogP contribution in [0.1, 0.15) is 27.9 Å². The Hall–Kier alpha value is -3.08. The number of fused-ring (bicyclic) bond motifs is 1. The smallest absolute Gasteiger partial charge is 0.253 e. The molecular weight excluding hydrogens is 328 g/mol. The van der Waals surface area contributed by atoms with Gasteiger partial charge in [-0.15, -0.1) is 0 Å². The van der Waals surface area contributed by atoms with Gasteiger partial charge in [0.15, 0.2) is 0 Å². The van der Waals surface area contributed by atoms with Crippen LogP contribution in [0.2, 0.25) is 0 Å².